The molecule has 2 N–H and O–H groups in total. The summed E-state index contributed by atoms with van der Waals surface area (Å²) in [4.78, 5) is 0. The third-order valence-electron chi connectivity index (χ3n) is 4.45. The highest BCUT2D eigenvalue weighted by atomic mass is 15.3. The van der Waals surface area contributed by atoms with Crippen molar-refractivity contribution in [3.8, 4) is 0 Å². The van der Waals surface area contributed by atoms with E-state index in [1.807, 2.05) is 17.9 Å². The zero-order chi connectivity index (χ0) is 18.2. The molecule has 1 aromatic carbocycles. The van der Waals surface area contributed by atoms with Crippen LogP contribution in [-0.2, 0) is 0 Å². The molecule has 134 valence electrons. The van der Waals surface area contributed by atoms with E-state index >= 15 is 0 Å². The van der Waals surface area contributed by atoms with E-state index in [1.54, 1.807) is 0 Å². The zero-order valence-electron chi connectivity index (χ0n) is 15.9. The first-order valence-electron chi connectivity index (χ1n) is 8.91. The third kappa shape index (κ3) is 5.07. The summed E-state index contributed by atoms with van der Waals surface area (Å²) in [5, 5.41) is 11.3. The second-order valence-corrected chi connectivity index (χ2v) is 6.43. The summed E-state index contributed by atoms with van der Waals surface area (Å²) >= 11 is 0. The predicted octanol–water partition coefficient (Wildman–Crippen LogP) is 3.91. The molecule has 2 rings (SSSR count). The lowest BCUT2D eigenvalue weighted by Gasteiger charge is -2.15. The Morgan fingerprint density at radius 2 is 1.84 bits per heavy atom. The van der Waals surface area contributed by atoms with Crippen molar-refractivity contribution in [2.24, 2.45) is 0 Å². The van der Waals surface area contributed by atoms with Crippen molar-refractivity contribution in [2.75, 3.05) is 20.1 Å². The van der Waals surface area contributed by atoms with Crippen LogP contribution in [0.25, 0.3) is 11.4 Å². The largest absolute Gasteiger partial charge is 0.370 e. The zero-order valence-corrected chi connectivity index (χ0v) is 15.9. The van der Waals surface area contributed by atoms with Crippen LogP contribution >= 0.6 is 0 Å². The van der Waals surface area contributed by atoms with Gasteiger partial charge in [0.2, 0.25) is 0 Å². The van der Waals surface area contributed by atoms with Crippen LogP contribution in [0.15, 0.2) is 43.1 Å². The van der Waals surface area contributed by atoms with Crippen LogP contribution in [-0.4, -0.2) is 29.9 Å². The summed E-state index contributed by atoms with van der Waals surface area (Å²) in [7, 11) is 1.99. The molecule has 0 bridgehead atoms. The first-order chi connectivity index (χ1) is 12.0. The Morgan fingerprint density at radius 3 is 2.48 bits per heavy atom. The molecule has 4 heteroatoms. The summed E-state index contributed by atoms with van der Waals surface area (Å²) in [6.45, 7) is 12.5. The molecule has 0 saturated carbocycles. The molecule has 0 fully saturated rings. The van der Waals surface area contributed by atoms with Gasteiger partial charge >= 0.3 is 0 Å². The van der Waals surface area contributed by atoms with Crippen LogP contribution in [0, 0.1) is 20.8 Å². The van der Waals surface area contributed by atoms with Gasteiger partial charge in [-0.15, -0.1) is 0 Å². The smallest absolute Gasteiger partial charge is 0.128 e. The van der Waals surface area contributed by atoms with Gasteiger partial charge in [-0.05, 0) is 75.5 Å². The van der Waals surface area contributed by atoms with Gasteiger partial charge in [-0.3, -0.25) is 0 Å². The predicted molar refractivity (Wildman–Crippen MR) is 107 cm³/mol. The fourth-order valence-corrected chi connectivity index (χ4v) is 2.74. The van der Waals surface area contributed by atoms with Gasteiger partial charge in [-0.1, -0.05) is 30.8 Å². The lowest BCUT2D eigenvalue weighted by molar-refractivity contribution is 0.645. The van der Waals surface area contributed by atoms with Crippen LogP contribution in [0.5, 0.6) is 0 Å². The average Bonchev–Trinajstić information content (AvgIpc) is 2.93. The molecular formula is C21H30N4. The van der Waals surface area contributed by atoms with Crippen LogP contribution in [0.4, 0.5) is 0 Å². The molecule has 1 heterocycles. The first kappa shape index (κ1) is 19.0. The van der Waals surface area contributed by atoms with E-state index in [-0.39, 0.29) is 0 Å². The molecular weight excluding hydrogens is 308 g/mol. The van der Waals surface area contributed by atoms with Gasteiger partial charge in [0.05, 0.1) is 6.20 Å². The topological polar surface area (TPSA) is 41.9 Å². The van der Waals surface area contributed by atoms with Gasteiger partial charge < -0.3 is 10.6 Å². The van der Waals surface area contributed by atoms with E-state index < -0.39 is 0 Å². The van der Waals surface area contributed by atoms with Crippen LogP contribution in [0.2, 0.25) is 0 Å². The number of aryl methyl sites for hydroxylation is 2. The number of nitrogens with zero attached hydrogens (tertiary/aromatic N) is 2. The van der Waals surface area contributed by atoms with Gasteiger partial charge in [-0.25, -0.2) is 4.68 Å². The Hall–Kier alpha value is -2.33. The average molecular weight is 338 g/mol. The second kappa shape index (κ2) is 9.23. The maximum atomic E-state index is 4.53. The first-order valence-corrected chi connectivity index (χ1v) is 8.91. The monoisotopic (exact) mass is 338 g/mol. The van der Waals surface area contributed by atoms with Crippen molar-refractivity contribution < 1.29 is 0 Å². The molecule has 0 aliphatic carbocycles. The molecule has 0 atom stereocenters. The molecule has 4 nitrogen and oxygen atoms in total. The Bertz CT molecular complexity index is 740. The van der Waals surface area contributed by atoms with Crippen molar-refractivity contribution >= 4 is 11.4 Å². The maximum absolute atomic E-state index is 4.53. The van der Waals surface area contributed by atoms with Gasteiger partial charge in [0.15, 0.2) is 0 Å². The standard InChI is InChI=1S/C21H30N4/c1-16-10-6-7-11-20(16)17(2)14-21(23-13-9-8-12-22-5)25-19(4)18(3)15-24-25/h6-7,10-11,14-15,22-23H,2,8-9,12-13H2,1,3-5H3/b21-14-. The number of unbranched alkanes of at least 4 members (excludes halogenated alkanes) is 1. The minimum atomic E-state index is 0.910. The summed E-state index contributed by atoms with van der Waals surface area (Å²) in [5.41, 5.74) is 5.71. The number of hydrogen-bond donors (Lipinski definition) is 2. The van der Waals surface area contributed by atoms with Crippen molar-refractivity contribution in [1.29, 1.82) is 0 Å². The Morgan fingerprint density at radius 1 is 1.12 bits per heavy atom. The molecule has 0 aliphatic rings. The van der Waals surface area contributed by atoms with Crippen molar-refractivity contribution in [1.82, 2.24) is 20.4 Å². The van der Waals surface area contributed by atoms with Crippen molar-refractivity contribution in [3.05, 3.63) is 65.5 Å². The van der Waals surface area contributed by atoms with Gasteiger partial charge in [0, 0.05) is 12.2 Å². The van der Waals surface area contributed by atoms with E-state index in [9.17, 15) is 0 Å². The van der Waals surface area contributed by atoms with Crippen LogP contribution in [0.3, 0.4) is 0 Å². The second-order valence-electron chi connectivity index (χ2n) is 6.43. The molecule has 0 amide bonds. The van der Waals surface area contributed by atoms with E-state index in [1.165, 1.54) is 16.7 Å². The quantitative estimate of drug-likeness (QED) is 0.538. The minimum absolute atomic E-state index is 0.910. The number of benzene rings is 1. The molecule has 25 heavy (non-hydrogen) atoms. The summed E-state index contributed by atoms with van der Waals surface area (Å²) in [6, 6.07) is 8.33. The maximum Gasteiger partial charge on any atom is 0.128 e. The Labute approximate surface area is 151 Å². The normalized spacial score (nSPS) is 11.6. The molecule has 0 unspecified atom stereocenters. The third-order valence-corrected chi connectivity index (χ3v) is 4.45. The highest BCUT2D eigenvalue weighted by Gasteiger charge is 2.09. The SMILES string of the molecule is C=C(/C=C(/NCCCCNC)n1ncc(C)c1C)c1ccccc1C. The number of hydrogen-bond acceptors (Lipinski definition) is 3. The number of rotatable bonds is 9. The van der Waals surface area contributed by atoms with E-state index in [4.69, 9.17) is 0 Å². The van der Waals surface area contributed by atoms with E-state index in [2.05, 4.69) is 73.4 Å². The molecule has 0 aliphatic heterocycles. The summed E-state index contributed by atoms with van der Waals surface area (Å²) in [6.07, 6.45) is 6.25. The van der Waals surface area contributed by atoms with E-state index in [0.717, 1.165) is 43.0 Å². The Kier molecular flexibility index (Phi) is 7.02. The van der Waals surface area contributed by atoms with Gasteiger partial charge in [-0.2, -0.15) is 5.10 Å². The highest BCUT2D eigenvalue weighted by Crippen LogP contribution is 2.21. The fourth-order valence-electron chi connectivity index (χ4n) is 2.74. The molecule has 1 aromatic heterocycles. The van der Waals surface area contributed by atoms with Gasteiger partial charge in [0.1, 0.15) is 5.82 Å². The van der Waals surface area contributed by atoms with Crippen LogP contribution in [0.1, 0.15) is 35.2 Å². The van der Waals surface area contributed by atoms with Crippen LogP contribution < -0.4 is 10.6 Å². The van der Waals surface area contributed by atoms with E-state index in [0.29, 0.717) is 0 Å². The number of aromatic nitrogens is 2. The minimum Gasteiger partial charge on any atom is -0.370 e. The number of allylic oxidation sites excluding steroid dienone is 2. The number of nitrogens with one attached hydrogen (secondary N) is 2. The summed E-state index contributed by atoms with van der Waals surface area (Å²) < 4.78 is 1.97. The van der Waals surface area contributed by atoms with Crippen molar-refractivity contribution in [2.45, 2.75) is 33.6 Å². The molecule has 0 radical (unpaired) electrons. The fraction of sp³-hybridized carbons (Fsp3) is 0.381. The molecule has 0 saturated heterocycles. The molecule has 2 aromatic rings. The Balaban J connectivity index is 2.23. The lowest BCUT2D eigenvalue weighted by Crippen LogP contribution is -2.21. The van der Waals surface area contributed by atoms with Gasteiger partial charge in [0.25, 0.3) is 0 Å². The van der Waals surface area contributed by atoms with Crippen molar-refractivity contribution in [3.63, 3.8) is 0 Å². The highest BCUT2D eigenvalue weighted by molar-refractivity contribution is 5.79. The molecule has 0 spiro atoms. The lowest BCUT2D eigenvalue weighted by atomic mass is 10.0. The summed E-state index contributed by atoms with van der Waals surface area (Å²) in [5.74, 6) is 0.975.